The third-order valence-electron chi connectivity index (χ3n) is 2.66. The van der Waals surface area contributed by atoms with E-state index in [1.807, 2.05) is 20.2 Å². The predicted octanol–water partition coefficient (Wildman–Crippen LogP) is 1.56. The van der Waals surface area contributed by atoms with Crippen LogP contribution in [0.2, 0.25) is 0 Å². The van der Waals surface area contributed by atoms with E-state index >= 15 is 0 Å². The topological polar surface area (TPSA) is 38.0 Å². The number of nitrogens with zero attached hydrogens (tertiary/aromatic N) is 2. The average molecular weight is 180 g/mol. The van der Waals surface area contributed by atoms with Crippen LogP contribution in [0, 0.1) is 12.8 Å². The van der Waals surface area contributed by atoms with Gasteiger partial charge >= 0.3 is 0 Å². The fourth-order valence-corrected chi connectivity index (χ4v) is 1.74. The normalized spacial score (nSPS) is 19.0. The first kappa shape index (κ1) is 8.75. The average Bonchev–Trinajstić information content (AvgIpc) is 2.77. The molecule has 3 nitrogen and oxygen atoms in total. The van der Waals surface area contributed by atoms with Gasteiger partial charge in [0, 0.05) is 18.8 Å². The quantitative estimate of drug-likeness (QED) is 0.766. The lowest BCUT2D eigenvalue weighted by Gasteiger charge is -2.07. The molecule has 0 saturated heterocycles. The highest BCUT2D eigenvalue weighted by molar-refractivity contribution is 5.18. The summed E-state index contributed by atoms with van der Waals surface area (Å²) in [7, 11) is 1.89. The molecule has 1 aromatic heterocycles. The van der Waals surface area contributed by atoms with E-state index in [1.54, 1.807) is 4.68 Å². The smallest absolute Gasteiger partial charge is 0.0825 e. The summed E-state index contributed by atoms with van der Waals surface area (Å²) in [4.78, 5) is 0. The highest BCUT2D eigenvalue weighted by Crippen LogP contribution is 2.37. The molecule has 0 bridgehead atoms. The molecule has 0 aromatic carbocycles. The van der Waals surface area contributed by atoms with Crippen molar-refractivity contribution in [2.24, 2.45) is 13.0 Å². The summed E-state index contributed by atoms with van der Waals surface area (Å²) in [6.07, 6.45) is 5.10. The number of rotatable bonds is 3. The summed E-state index contributed by atoms with van der Waals surface area (Å²) in [6, 6.07) is 0. The Hall–Kier alpha value is -0.830. The van der Waals surface area contributed by atoms with Crippen molar-refractivity contribution in [3.63, 3.8) is 0 Å². The summed E-state index contributed by atoms with van der Waals surface area (Å²) < 4.78 is 1.76. The van der Waals surface area contributed by atoms with E-state index in [4.69, 9.17) is 0 Å². The van der Waals surface area contributed by atoms with Crippen LogP contribution in [0.5, 0.6) is 0 Å². The molecule has 1 atom stereocenters. The van der Waals surface area contributed by atoms with Gasteiger partial charge < -0.3 is 5.11 Å². The Kier molecular flexibility index (Phi) is 2.12. The van der Waals surface area contributed by atoms with E-state index in [2.05, 4.69) is 5.10 Å². The Labute approximate surface area is 78.4 Å². The summed E-state index contributed by atoms with van der Waals surface area (Å²) >= 11 is 0. The third kappa shape index (κ3) is 1.91. The standard InChI is InChI=1S/C10H16N2O/c1-7-9(6-12(2)11-7)10(13)5-8-3-4-8/h6,8,10,13H,3-5H2,1-2H3. The Bertz CT molecular complexity index is 302. The number of aryl methyl sites for hydroxylation is 2. The SMILES string of the molecule is Cc1nn(C)cc1C(O)CC1CC1. The fraction of sp³-hybridized carbons (Fsp3) is 0.700. The van der Waals surface area contributed by atoms with Gasteiger partial charge in [0.2, 0.25) is 0 Å². The van der Waals surface area contributed by atoms with Gasteiger partial charge in [-0.25, -0.2) is 0 Å². The minimum atomic E-state index is -0.304. The Balaban J connectivity index is 2.08. The van der Waals surface area contributed by atoms with Gasteiger partial charge in [0.15, 0.2) is 0 Å². The zero-order valence-electron chi connectivity index (χ0n) is 8.20. The highest BCUT2D eigenvalue weighted by Gasteiger charge is 2.26. The van der Waals surface area contributed by atoms with Gasteiger partial charge in [-0.2, -0.15) is 5.10 Å². The van der Waals surface area contributed by atoms with Crippen LogP contribution < -0.4 is 0 Å². The van der Waals surface area contributed by atoms with Gasteiger partial charge in [-0.1, -0.05) is 12.8 Å². The van der Waals surface area contributed by atoms with Crippen molar-refractivity contribution < 1.29 is 5.11 Å². The van der Waals surface area contributed by atoms with E-state index < -0.39 is 0 Å². The summed E-state index contributed by atoms with van der Waals surface area (Å²) in [5.74, 6) is 0.759. The van der Waals surface area contributed by atoms with Gasteiger partial charge in [-0.15, -0.1) is 0 Å². The molecule has 13 heavy (non-hydrogen) atoms. The maximum absolute atomic E-state index is 9.87. The van der Waals surface area contributed by atoms with Gasteiger partial charge in [-0.3, -0.25) is 4.68 Å². The van der Waals surface area contributed by atoms with Crippen LogP contribution in [0.25, 0.3) is 0 Å². The van der Waals surface area contributed by atoms with Gasteiger partial charge in [-0.05, 0) is 19.3 Å². The summed E-state index contributed by atoms with van der Waals surface area (Å²) in [5.41, 5.74) is 1.95. The molecule has 72 valence electrons. The number of aliphatic hydroxyl groups is 1. The van der Waals surface area contributed by atoms with Crippen molar-refractivity contribution >= 4 is 0 Å². The minimum absolute atomic E-state index is 0.304. The molecule has 1 N–H and O–H groups in total. The van der Waals surface area contributed by atoms with Gasteiger partial charge in [0.25, 0.3) is 0 Å². The van der Waals surface area contributed by atoms with Crippen molar-refractivity contribution in [3.8, 4) is 0 Å². The number of aliphatic hydroxyl groups excluding tert-OH is 1. The molecule has 0 amide bonds. The van der Waals surface area contributed by atoms with E-state index in [-0.39, 0.29) is 6.10 Å². The molecular weight excluding hydrogens is 164 g/mol. The van der Waals surface area contributed by atoms with Crippen LogP contribution in [0.4, 0.5) is 0 Å². The number of hydrogen-bond donors (Lipinski definition) is 1. The molecule has 1 fully saturated rings. The lowest BCUT2D eigenvalue weighted by Crippen LogP contribution is -1.98. The van der Waals surface area contributed by atoms with Crippen LogP contribution in [0.15, 0.2) is 6.20 Å². The maximum Gasteiger partial charge on any atom is 0.0825 e. The second-order valence-corrected chi connectivity index (χ2v) is 4.04. The molecule has 1 aliphatic carbocycles. The monoisotopic (exact) mass is 180 g/mol. The Morgan fingerprint density at radius 2 is 2.38 bits per heavy atom. The summed E-state index contributed by atoms with van der Waals surface area (Å²) in [5, 5.41) is 14.1. The van der Waals surface area contributed by atoms with E-state index in [0.717, 1.165) is 23.6 Å². The zero-order valence-corrected chi connectivity index (χ0v) is 8.20. The van der Waals surface area contributed by atoms with E-state index in [1.165, 1.54) is 12.8 Å². The first-order chi connectivity index (χ1) is 6.16. The maximum atomic E-state index is 9.87. The predicted molar refractivity (Wildman–Crippen MR) is 50.2 cm³/mol. The molecule has 1 saturated carbocycles. The number of aromatic nitrogens is 2. The molecule has 1 unspecified atom stereocenters. The van der Waals surface area contributed by atoms with E-state index in [9.17, 15) is 5.11 Å². The van der Waals surface area contributed by atoms with Crippen molar-refractivity contribution in [2.45, 2.75) is 32.3 Å². The molecule has 0 aliphatic heterocycles. The van der Waals surface area contributed by atoms with E-state index in [0.29, 0.717) is 0 Å². The zero-order chi connectivity index (χ0) is 9.42. The molecular formula is C10H16N2O. The molecule has 2 rings (SSSR count). The molecule has 1 aromatic rings. The third-order valence-corrected chi connectivity index (χ3v) is 2.66. The summed E-state index contributed by atoms with van der Waals surface area (Å²) in [6.45, 7) is 1.95. The first-order valence-electron chi connectivity index (χ1n) is 4.85. The van der Waals surface area contributed by atoms with Crippen LogP contribution >= 0.6 is 0 Å². The molecule has 3 heteroatoms. The molecule has 0 spiro atoms. The Morgan fingerprint density at radius 1 is 1.69 bits per heavy atom. The lowest BCUT2D eigenvalue weighted by atomic mass is 10.1. The molecule has 1 aliphatic rings. The van der Waals surface area contributed by atoms with Crippen LogP contribution in [-0.4, -0.2) is 14.9 Å². The van der Waals surface area contributed by atoms with Crippen molar-refractivity contribution in [1.29, 1.82) is 0 Å². The molecule has 1 heterocycles. The molecule has 0 radical (unpaired) electrons. The van der Waals surface area contributed by atoms with Crippen molar-refractivity contribution in [2.75, 3.05) is 0 Å². The van der Waals surface area contributed by atoms with Crippen molar-refractivity contribution in [1.82, 2.24) is 9.78 Å². The second-order valence-electron chi connectivity index (χ2n) is 4.04. The van der Waals surface area contributed by atoms with Crippen LogP contribution in [-0.2, 0) is 7.05 Å². The minimum Gasteiger partial charge on any atom is -0.388 e. The first-order valence-corrected chi connectivity index (χ1v) is 4.85. The highest BCUT2D eigenvalue weighted by atomic mass is 16.3. The number of hydrogen-bond acceptors (Lipinski definition) is 2. The second kappa shape index (κ2) is 3.14. The van der Waals surface area contributed by atoms with Crippen LogP contribution in [0.1, 0.15) is 36.6 Å². The van der Waals surface area contributed by atoms with Gasteiger partial charge in [0.05, 0.1) is 11.8 Å². The fourth-order valence-electron chi connectivity index (χ4n) is 1.74. The van der Waals surface area contributed by atoms with Crippen LogP contribution in [0.3, 0.4) is 0 Å². The van der Waals surface area contributed by atoms with Gasteiger partial charge in [0.1, 0.15) is 0 Å². The largest absolute Gasteiger partial charge is 0.388 e. The van der Waals surface area contributed by atoms with Crippen molar-refractivity contribution in [3.05, 3.63) is 17.5 Å². The Morgan fingerprint density at radius 3 is 2.85 bits per heavy atom. The lowest BCUT2D eigenvalue weighted by molar-refractivity contribution is 0.159.